The fraction of sp³-hybridized carbons (Fsp3) is 0.312. The number of nitrogen functional groups attached to an aromatic ring is 2. The van der Waals surface area contributed by atoms with Crippen molar-refractivity contribution in [3.8, 4) is 0 Å². The number of carbonyl (C=O) groups excluding carboxylic acids is 1. The number of carbonyl (C=O) groups is 1. The van der Waals surface area contributed by atoms with Crippen molar-refractivity contribution in [2.24, 2.45) is 0 Å². The predicted octanol–water partition coefficient (Wildman–Crippen LogP) is 0.393. The van der Waals surface area contributed by atoms with E-state index in [-0.39, 0.29) is 28.2 Å². The minimum Gasteiger partial charge on any atom is -0.383 e. The van der Waals surface area contributed by atoms with E-state index in [1.165, 1.54) is 22.5 Å². The second kappa shape index (κ2) is 8.73. The van der Waals surface area contributed by atoms with Gasteiger partial charge in [-0.25, -0.2) is 18.4 Å². The van der Waals surface area contributed by atoms with Crippen LogP contribution in [0.25, 0.3) is 0 Å². The van der Waals surface area contributed by atoms with Gasteiger partial charge in [-0.2, -0.15) is 4.31 Å². The molecule has 12 heteroatoms. The van der Waals surface area contributed by atoms with Gasteiger partial charge in [-0.05, 0) is 24.3 Å². The van der Waals surface area contributed by atoms with E-state index < -0.39 is 10.0 Å². The molecule has 0 atom stereocenters. The van der Waals surface area contributed by atoms with Crippen LogP contribution in [-0.4, -0.2) is 60.7 Å². The van der Waals surface area contributed by atoms with E-state index in [1.54, 1.807) is 12.1 Å². The molecule has 3 rings (SSSR count). The third-order valence-electron chi connectivity index (χ3n) is 3.82. The fourth-order valence-electron chi connectivity index (χ4n) is 2.50. The van der Waals surface area contributed by atoms with Crippen molar-refractivity contribution < 1.29 is 17.9 Å². The molecule has 28 heavy (non-hydrogen) atoms. The Balaban J connectivity index is 1.58. The maximum Gasteiger partial charge on any atom is 0.243 e. The van der Waals surface area contributed by atoms with E-state index >= 15 is 0 Å². The zero-order valence-electron chi connectivity index (χ0n) is 14.9. The van der Waals surface area contributed by atoms with Crippen molar-refractivity contribution in [3.05, 3.63) is 30.3 Å². The van der Waals surface area contributed by atoms with Gasteiger partial charge in [0.1, 0.15) is 11.6 Å². The van der Waals surface area contributed by atoms with Crippen LogP contribution in [0.15, 0.2) is 40.4 Å². The highest BCUT2D eigenvalue weighted by Crippen LogP contribution is 2.20. The van der Waals surface area contributed by atoms with Crippen LogP contribution < -0.4 is 16.8 Å². The summed E-state index contributed by atoms with van der Waals surface area (Å²) in [6.45, 7) is 1.42. The zero-order valence-corrected chi connectivity index (χ0v) is 16.5. The number of nitrogens with zero attached hydrogens (tertiary/aromatic N) is 3. The Kier molecular flexibility index (Phi) is 6.34. The minimum atomic E-state index is -3.57. The monoisotopic (exact) mass is 424 g/mol. The number of sulfonamides is 1. The third kappa shape index (κ3) is 5.10. The van der Waals surface area contributed by atoms with Gasteiger partial charge in [0.2, 0.25) is 15.9 Å². The summed E-state index contributed by atoms with van der Waals surface area (Å²) in [7, 11) is -3.57. The van der Waals surface area contributed by atoms with Crippen molar-refractivity contribution in [1.82, 2.24) is 14.3 Å². The summed E-state index contributed by atoms with van der Waals surface area (Å²) < 4.78 is 31.7. The second-order valence-electron chi connectivity index (χ2n) is 5.88. The molecule has 150 valence electrons. The molecule has 0 bridgehead atoms. The smallest absolute Gasteiger partial charge is 0.243 e. The van der Waals surface area contributed by atoms with Crippen LogP contribution in [0.4, 0.5) is 17.3 Å². The lowest BCUT2D eigenvalue weighted by Gasteiger charge is -2.26. The molecule has 0 spiro atoms. The SMILES string of the molecule is Nc1cc(N)nc(SCC(=O)Nc2ccc(S(=O)(=O)N3CCOCC3)cc2)n1. The molecule has 1 saturated heterocycles. The van der Waals surface area contributed by atoms with Crippen molar-refractivity contribution in [3.63, 3.8) is 0 Å². The molecule has 0 saturated carbocycles. The summed E-state index contributed by atoms with van der Waals surface area (Å²) in [5.74, 6) is 0.217. The Labute approximate surface area is 166 Å². The number of ether oxygens (including phenoxy) is 1. The Bertz CT molecular complexity index is 926. The van der Waals surface area contributed by atoms with Gasteiger partial charge in [-0.1, -0.05) is 11.8 Å². The third-order valence-corrected chi connectivity index (χ3v) is 6.58. The first kappa shape index (κ1) is 20.3. The number of hydrogen-bond donors (Lipinski definition) is 3. The van der Waals surface area contributed by atoms with E-state index in [1.807, 2.05) is 0 Å². The molecule has 10 nitrogen and oxygen atoms in total. The van der Waals surface area contributed by atoms with E-state index in [9.17, 15) is 13.2 Å². The molecule has 1 aliphatic heterocycles. The topological polar surface area (TPSA) is 154 Å². The summed E-state index contributed by atoms with van der Waals surface area (Å²) in [5, 5.41) is 3.00. The number of amides is 1. The first-order chi connectivity index (χ1) is 13.3. The Morgan fingerprint density at radius 3 is 2.36 bits per heavy atom. The number of morpholine rings is 1. The Morgan fingerprint density at radius 2 is 1.75 bits per heavy atom. The van der Waals surface area contributed by atoms with E-state index in [4.69, 9.17) is 16.2 Å². The Morgan fingerprint density at radius 1 is 1.14 bits per heavy atom. The lowest BCUT2D eigenvalue weighted by atomic mass is 10.3. The molecule has 1 aromatic carbocycles. The standard InChI is InChI=1S/C16H20N6O4S2/c17-13-9-14(18)21-16(20-13)27-10-15(23)19-11-1-3-12(4-2-11)28(24,25)22-5-7-26-8-6-22/h1-4,9H,5-8,10H2,(H,19,23)(H4,17,18,20,21). The molecule has 1 amide bonds. The molecule has 2 aromatic rings. The van der Waals surface area contributed by atoms with E-state index in [2.05, 4.69) is 15.3 Å². The van der Waals surface area contributed by atoms with Crippen LogP contribution in [0.2, 0.25) is 0 Å². The van der Waals surface area contributed by atoms with Gasteiger partial charge in [0.05, 0.1) is 23.9 Å². The zero-order chi connectivity index (χ0) is 20.1. The molecule has 1 fully saturated rings. The van der Waals surface area contributed by atoms with Gasteiger partial charge < -0.3 is 21.5 Å². The first-order valence-corrected chi connectivity index (χ1v) is 10.8. The quantitative estimate of drug-likeness (QED) is 0.441. The molecule has 2 heterocycles. The number of nitrogens with one attached hydrogen (secondary N) is 1. The van der Waals surface area contributed by atoms with Gasteiger partial charge in [-0.3, -0.25) is 4.79 Å². The average molecular weight is 425 g/mol. The van der Waals surface area contributed by atoms with Crippen LogP contribution in [0.3, 0.4) is 0 Å². The number of hydrogen-bond acceptors (Lipinski definition) is 9. The van der Waals surface area contributed by atoms with Gasteiger partial charge in [0, 0.05) is 24.8 Å². The normalized spacial score (nSPS) is 15.3. The van der Waals surface area contributed by atoms with Gasteiger partial charge in [-0.15, -0.1) is 0 Å². The number of nitrogens with two attached hydrogens (primary N) is 2. The lowest BCUT2D eigenvalue weighted by molar-refractivity contribution is -0.113. The van der Waals surface area contributed by atoms with Crippen LogP contribution in [0.5, 0.6) is 0 Å². The highest BCUT2D eigenvalue weighted by Gasteiger charge is 2.26. The minimum absolute atomic E-state index is 0.0523. The fourth-order valence-corrected chi connectivity index (χ4v) is 4.58. The summed E-state index contributed by atoms with van der Waals surface area (Å²) in [5.41, 5.74) is 11.7. The molecule has 0 unspecified atom stereocenters. The maximum atomic E-state index is 12.6. The highest BCUT2D eigenvalue weighted by atomic mass is 32.2. The molecular weight excluding hydrogens is 404 g/mol. The average Bonchev–Trinajstić information content (AvgIpc) is 2.67. The molecule has 5 N–H and O–H groups in total. The molecule has 1 aromatic heterocycles. The Hall–Kier alpha value is -2.41. The number of aromatic nitrogens is 2. The number of thioether (sulfide) groups is 1. The number of benzene rings is 1. The summed E-state index contributed by atoms with van der Waals surface area (Å²) in [4.78, 5) is 20.2. The predicted molar refractivity (Wildman–Crippen MR) is 106 cm³/mol. The van der Waals surface area contributed by atoms with Crippen molar-refractivity contribution >= 4 is 45.0 Å². The summed E-state index contributed by atoms with van der Waals surface area (Å²) >= 11 is 1.09. The van der Waals surface area contributed by atoms with Gasteiger partial charge >= 0.3 is 0 Å². The molecule has 1 aliphatic rings. The molecule has 0 aliphatic carbocycles. The van der Waals surface area contributed by atoms with Crippen LogP contribution >= 0.6 is 11.8 Å². The molecular formula is C16H20N6O4S2. The maximum absolute atomic E-state index is 12.6. The van der Waals surface area contributed by atoms with E-state index in [0.29, 0.717) is 37.1 Å². The highest BCUT2D eigenvalue weighted by molar-refractivity contribution is 7.99. The van der Waals surface area contributed by atoms with Crippen molar-refractivity contribution in [1.29, 1.82) is 0 Å². The molecule has 0 radical (unpaired) electrons. The van der Waals surface area contributed by atoms with Crippen molar-refractivity contribution in [2.75, 3.05) is 48.8 Å². The van der Waals surface area contributed by atoms with Crippen molar-refractivity contribution in [2.45, 2.75) is 10.1 Å². The summed E-state index contributed by atoms with van der Waals surface area (Å²) in [6.07, 6.45) is 0. The largest absolute Gasteiger partial charge is 0.383 e. The van der Waals surface area contributed by atoms with E-state index in [0.717, 1.165) is 11.8 Å². The summed E-state index contributed by atoms with van der Waals surface area (Å²) in [6, 6.07) is 7.46. The van der Waals surface area contributed by atoms with Crippen LogP contribution in [0.1, 0.15) is 0 Å². The van der Waals surface area contributed by atoms with Gasteiger partial charge in [0.15, 0.2) is 5.16 Å². The van der Waals surface area contributed by atoms with Gasteiger partial charge in [0.25, 0.3) is 0 Å². The lowest BCUT2D eigenvalue weighted by Crippen LogP contribution is -2.40. The first-order valence-electron chi connectivity index (χ1n) is 8.35. The number of anilines is 3. The van der Waals surface area contributed by atoms with Crippen LogP contribution in [-0.2, 0) is 19.6 Å². The van der Waals surface area contributed by atoms with Crippen LogP contribution in [0, 0.1) is 0 Å². The second-order valence-corrected chi connectivity index (χ2v) is 8.76. The number of rotatable bonds is 6.